The third kappa shape index (κ3) is 5.47. The summed E-state index contributed by atoms with van der Waals surface area (Å²) in [7, 11) is 0. The zero-order valence-electron chi connectivity index (χ0n) is 12.2. The lowest BCUT2D eigenvalue weighted by atomic mass is 10.3. The number of alkyl halides is 6. The first-order valence-electron chi connectivity index (χ1n) is 6.24. The molecule has 0 saturated carbocycles. The maximum absolute atomic E-state index is 12.7. The van der Waals surface area contributed by atoms with Gasteiger partial charge >= 0.3 is 12.4 Å². The average molecular weight is 374 g/mol. The minimum absolute atomic E-state index is 0.502. The fraction of sp³-hybridized carbons (Fsp3) is 0.455. The fourth-order valence-electron chi connectivity index (χ4n) is 1.32. The average Bonchev–Trinajstić information content (AvgIpc) is 2.41. The van der Waals surface area contributed by atoms with Gasteiger partial charge in [0, 0.05) is 0 Å². The van der Waals surface area contributed by atoms with Gasteiger partial charge in [0.2, 0.25) is 11.9 Å². The smallest absolute Gasteiger partial charge is 0.368 e. The molecule has 0 radical (unpaired) electrons. The largest absolute Gasteiger partial charge is 0.430 e. The van der Waals surface area contributed by atoms with E-state index in [2.05, 4.69) is 15.0 Å². The molecule has 1 unspecified atom stereocenters. The van der Waals surface area contributed by atoms with Gasteiger partial charge in [-0.05, 0) is 13.8 Å². The number of hydrogen-bond acceptors (Lipinski definition) is 6. The molecule has 0 fully saturated rings. The Morgan fingerprint density at radius 3 is 2.21 bits per heavy atom. The Hall–Kier alpha value is -2.18. The highest BCUT2D eigenvalue weighted by Gasteiger charge is 2.37. The Labute approximate surface area is 137 Å². The first kappa shape index (κ1) is 19.9. The number of nitrogen functional groups attached to an aromatic ring is 1. The Kier molecular flexibility index (Phi) is 5.92. The summed E-state index contributed by atoms with van der Waals surface area (Å²) in [6.07, 6.45) is -8.57. The summed E-state index contributed by atoms with van der Waals surface area (Å²) in [6, 6.07) is -2.02. The molecule has 1 rings (SSSR count). The molecule has 6 nitrogen and oxygen atoms in total. The van der Waals surface area contributed by atoms with Crippen LogP contribution in [0.5, 0.6) is 0 Å². The number of hydrogen-bond donors (Lipinski definition) is 3. The van der Waals surface area contributed by atoms with Gasteiger partial charge in [-0.3, -0.25) is 0 Å². The van der Waals surface area contributed by atoms with E-state index < -0.39 is 46.8 Å². The molecule has 4 N–H and O–H groups in total. The molecule has 0 bridgehead atoms. The van der Waals surface area contributed by atoms with E-state index in [4.69, 9.17) is 18.0 Å². The van der Waals surface area contributed by atoms with E-state index in [1.54, 1.807) is 0 Å². The van der Waals surface area contributed by atoms with Crippen molar-refractivity contribution >= 4 is 29.1 Å². The van der Waals surface area contributed by atoms with Gasteiger partial charge in [0.1, 0.15) is 16.7 Å². The Morgan fingerprint density at radius 1 is 1.17 bits per heavy atom. The van der Waals surface area contributed by atoms with E-state index in [9.17, 15) is 26.3 Å². The van der Waals surface area contributed by atoms with Crippen molar-refractivity contribution in [2.45, 2.75) is 32.2 Å². The van der Waals surface area contributed by atoms with Crippen molar-refractivity contribution in [1.82, 2.24) is 20.3 Å². The van der Waals surface area contributed by atoms with Gasteiger partial charge in [0.05, 0.1) is 0 Å². The van der Waals surface area contributed by atoms with Crippen LogP contribution in [0.2, 0.25) is 0 Å². The maximum Gasteiger partial charge on any atom is 0.430 e. The first-order valence-corrected chi connectivity index (χ1v) is 6.65. The van der Waals surface area contributed by atoms with Gasteiger partial charge in [0.25, 0.3) is 0 Å². The van der Waals surface area contributed by atoms with Gasteiger partial charge in [0.15, 0.2) is 5.82 Å². The van der Waals surface area contributed by atoms with Crippen LogP contribution in [0.15, 0.2) is 11.8 Å². The van der Waals surface area contributed by atoms with E-state index in [0.717, 1.165) is 19.9 Å². The maximum atomic E-state index is 12.7. The molecule has 0 aliphatic rings. The molecule has 0 spiro atoms. The fourth-order valence-corrected chi connectivity index (χ4v) is 1.52. The molecular formula is C11H12F6N6S. The highest BCUT2D eigenvalue weighted by Crippen LogP contribution is 2.24. The van der Waals surface area contributed by atoms with Crippen molar-refractivity contribution in [2.24, 2.45) is 0 Å². The molecule has 1 aromatic heterocycles. The molecule has 1 aromatic rings. The van der Waals surface area contributed by atoms with Crippen molar-refractivity contribution in [1.29, 1.82) is 0 Å². The number of nitrogens with zero attached hydrogens (tertiary/aromatic N) is 3. The van der Waals surface area contributed by atoms with E-state index >= 15 is 0 Å². The van der Waals surface area contributed by atoms with Gasteiger partial charge in [-0.1, -0.05) is 18.3 Å². The molecule has 0 amide bonds. The molecule has 134 valence electrons. The molecule has 24 heavy (non-hydrogen) atoms. The quantitative estimate of drug-likeness (QED) is 0.551. The lowest BCUT2D eigenvalue weighted by Gasteiger charge is -2.18. The number of anilines is 2. The zero-order valence-corrected chi connectivity index (χ0v) is 13.1. The second-order valence-corrected chi connectivity index (χ2v) is 4.81. The summed E-state index contributed by atoms with van der Waals surface area (Å²) in [4.78, 5) is 9.92. The Bertz CT molecular complexity index is 641. The second kappa shape index (κ2) is 7.15. The van der Waals surface area contributed by atoms with Crippen LogP contribution in [0.1, 0.15) is 19.7 Å². The van der Waals surface area contributed by atoms with Gasteiger partial charge in [-0.2, -0.15) is 41.3 Å². The molecule has 1 heterocycles. The lowest BCUT2D eigenvalue weighted by Crippen LogP contribution is -2.35. The number of nitrogens with one attached hydrogen (secondary N) is 2. The molecule has 0 aliphatic heterocycles. The van der Waals surface area contributed by atoms with Crippen molar-refractivity contribution in [3.63, 3.8) is 0 Å². The normalized spacial score (nSPS) is 14.2. The summed E-state index contributed by atoms with van der Waals surface area (Å²) in [5, 5.41) is 3.79. The van der Waals surface area contributed by atoms with Crippen molar-refractivity contribution < 1.29 is 26.3 Å². The van der Waals surface area contributed by atoms with Crippen LogP contribution in [0.25, 0.3) is 0 Å². The molecule has 1 atom stereocenters. The van der Waals surface area contributed by atoms with Crippen molar-refractivity contribution in [3.8, 4) is 0 Å². The van der Waals surface area contributed by atoms with Crippen molar-refractivity contribution in [3.05, 3.63) is 17.6 Å². The standard InChI is InChI=1S/C11H12F6N6S/c1-3-5(11(15,16)17)20-7(24)6-21-8(18)23-9(22-6)19-4(2)10(12,13)14/h3-4H,1-2H3,(H,20,24)(H3,18,19,21,22,23)/b5-3-. The zero-order chi connectivity index (χ0) is 18.7. The monoisotopic (exact) mass is 374 g/mol. The number of thiocarbonyl (C=S) groups is 1. The molecule has 0 aromatic carbocycles. The van der Waals surface area contributed by atoms with Crippen LogP contribution in [0, 0.1) is 0 Å². The number of aromatic nitrogens is 3. The van der Waals surface area contributed by atoms with Gasteiger partial charge < -0.3 is 16.4 Å². The SMILES string of the molecule is C/C=C(\NC(=S)c1nc(N)nc(NC(C)C(F)(F)F)n1)C(F)(F)F. The predicted molar refractivity (Wildman–Crippen MR) is 78.0 cm³/mol. The van der Waals surface area contributed by atoms with Gasteiger partial charge in [-0.25, -0.2) is 0 Å². The first-order chi connectivity index (χ1) is 10.8. The highest BCUT2D eigenvalue weighted by molar-refractivity contribution is 7.80. The number of nitrogens with two attached hydrogens (primary N) is 1. The minimum Gasteiger partial charge on any atom is -0.368 e. The van der Waals surface area contributed by atoms with Crippen LogP contribution in [-0.4, -0.2) is 38.3 Å². The number of allylic oxidation sites excluding steroid dienone is 2. The Morgan fingerprint density at radius 2 is 1.75 bits per heavy atom. The van der Waals surface area contributed by atoms with Crippen molar-refractivity contribution in [2.75, 3.05) is 11.1 Å². The third-order valence-electron chi connectivity index (χ3n) is 2.53. The highest BCUT2D eigenvalue weighted by atomic mass is 32.1. The van der Waals surface area contributed by atoms with Crippen LogP contribution in [0.3, 0.4) is 0 Å². The second-order valence-electron chi connectivity index (χ2n) is 4.40. The van der Waals surface area contributed by atoms with Crippen LogP contribution in [-0.2, 0) is 0 Å². The van der Waals surface area contributed by atoms with Crippen LogP contribution in [0.4, 0.5) is 38.2 Å². The summed E-state index contributed by atoms with van der Waals surface area (Å²) in [5.41, 5.74) is 4.15. The summed E-state index contributed by atoms with van der Waals surface area (Å²) in [6.45, 7) is 1.93. The van der Waals surface area contributed by atoms with Gasteiger partial charge in [-0.15, -0.1) is 0 Å². The topological polar surface area (TPSA) is 88.8 Å². The minimum atomic E-state index is -4.71. The molecular weight excluding hydrogens is 362 g/mol. The van der Waals surface area contributed by atoms with E-state index in [0.29, 0.717) is 0 Å². The number of halogens is 6. The Balaban J connectivity index is 3.03. The van der Waals surface area contributed by atoms with Crippen LogP contribution >= 0.6 is 12.2 Å². The molecule has 13 heteroatoms. The van der Waals surface area contributed by atoms with E-state index in [1.165, 1.54) is 0 Å². The molecule has 0 saturated heterocycles. The summed E-state index contributed by atoms with van der Waals surface area (Å²) < 4.78 is 75.5. The summed E-state index contributed by atoms with van der Waals surface area (Å²) in [5.74, 6) is -1.58. The molecule has 0 aliphatic carbocycles. The van der Waals surface area contributed by atoms with E-state index in [-0.39, 0.29) is 0 Å². The lowest BCUT2D eigenvalue weighted by molar-refractivity contribution is -0.138. The predicted octanol–water partition coefficient (Wildman–Crippen LogP) is 2.55. The van der Waals surface area contributed by atoms with Crippen LogP contribution < -0.4 is 16.4 Å². The summed E-state index contributed by atoms with van der Waals surface area (Å²) >= 11 is 4.73. The van der Waals surface area contributed by atoms with E-state index in [1.807, 2.05) is 10.6 Å². The number of rotatable bonds is 4. The third-order valence-corrected chi connectivity index (χ3v) is 2.82.